The zero-order chi connectivity index (χ0) is 20.3. The number of hydrogen-bond donors (Lipinski definition) is 1. The number of rotatable bonds is 5. The summed E-state index contributed by atoms with van der Waals surface area (Å²) in [5.41, 5.74) is 2.58. The Balaban J connectivity index is 1.74. The summed E-state index contributed by atoms with van der Waals surface area (Å²) in [6.07, 6.45) is 0.914. The maximum absolute atomic E-state index is 13.2. The van der Waals surface area contributed by atoms with E-state index in [1.807, 2.05) is 23.1 Å². The summed E-state index contributed by atoms with van der Waals surface area (Å²) in [7, 11) is 0. The molecule has 1 saturated heterocycles. The number of nitrogens with one attached hydrogen (secondary N) is 1. The molecule has 5 nitrogen and oxygen atoms in total. The van der Waals surface area contributed by atoms with Gasteiger partial charge in [-0.3, -0.25) is 14.8 Å². The molecule has 1 N–H and O–H groups in total. The average molecular weight is 387 g/mol. The third-order valence-electron chi connectivity index (χ3n) is 5.54. The minimum absolute atomic E-state index is 0.00238. The van der Waals surface area contributed by atoms with E-state index in [0.717, 1.165) is 37.3 Å². The van der Waals surface area contributed by atoms with Crippen molar-refractivity contribution in [1.29, 1.82) is 0 Å². The van der Waals surface area contributed by atoms with Crippen LogP contribution in [0.4, 0.5) is 4.39 Å². The molecule has 6 heteroatoms. The van der Waals surface area contributed by atoms with Gasteiger partial charge in [-0.05, 0) is 42.0 Å². The Kier molecular flexibility index (Phi) is 6.50. The quantitative estimate of drug-likeness (QED) is 0.844. The van der Waals surface area contributed by atoms with Crippen LogP contribution in [0.25, 0.3) is 0 Å². The molecule has 2 aromatic rings. The second kappa shape index (κ2) is 8.86. The summed E-state index contributed by atoms with van der Waals surface area (Å²) in [5.74, 6) is 0.501. The SMILES string of the molecule is CC(C)c1cc(C(=O)N2CCCN(Cc3ccc(F)cc3)[C@@H](C(C)C)C2)n[nH]1. The van der Waals surface area contributed by atoms with Crippen LogP contribution in [0.1, 0.15) is 61.8 Å². The zero-order valence-electron chi connectivity index (χ0n) is 17.3. The summed E-state index contributed by atoms with van der Waals surface area (Å²) >= 11 is 0. The van der Waals surface area contributed by atoms with Gasteiger partial charge in [0.25, 0.3) is 5.91 Å². The highest BCUT2D eigenvalue weighted by Crippen LogP contribution is 2.22. The highest BCUT2D eigenvalue weighted by molar-refractivity contribution is 5.92. The number of halogens is 1. The van der Waals surface area contributed by atoms with Crippen molar-refractivity contribution in [2.24, 2.45) is 5.92 Å². The van der Waals surface area contributed by atoms with E-state index in [1.54, 1.807) is 0 Å². The lowest BCUT2D eigenvalue weighted by Crippen LogP contribution is -2.45. The van der Waals surface area contributed by atoms with E-state index in [4.69, 9.17) is 0 Å². The number of aromatic amines is 1. The van der Waals surface area contributed by atoms with Gasteiger partial charge >= 0.3 is 0 Å². The van der Waals surface area contributed by atoms with Crippen molar-refractivity contribution in [3.63, 3.8) is 0 Å². The van der Waals surface area contributed by atoms with Crippen LogP contribution in [-0.4, -0.2) is 51.6 Å². The summed E-state index contributed by atoms with van der Waals surface area (Å²) in [6, 6.07) is 8.84. The largest absolute Gasteiger partial charge is 0.336 e. The van der Waals surface area contributed by atoms with Crippen molar-refractivity contribution in [2.45, 2.75) is 52.6 Å². The maximum atomic E-state index is 13.2. The van der Waals surface area contributed by atoms with Crippen LogP contribution in [0.5, 0.6) is 0 Å². The van der Waals surface area contributed by atoms with Crippen LogP contribution in [-0.2, 0) is 6.54 Å². The summed E-state index contributed by atoms with van der Waals surface area (Å²) in [6.45, 7) is 11.6. The first-order valence-corrected chi connectivity index (χ1v) is 10.2. The van der Waals surface area contributed by atoms with Crippen molar-refractivity contribution in [1.82, 2.24) is 20.0 Å². The van der Waals surface area contributed by atoms with E-state index in [-0.39, 0.29) is 17.8 Å². The van der Waals surface area contributed by atoms with Crippen molar-refractivity contribution in [3.05, 3.63) is 53.1 Å². The van der Waals surface area contributed by atoms with Gasteiger partial charge in [-0.2, -0.15) is 5.10 Å². The van der Waals surface area contributed by atoms with Crippen molar-refractivity contribution in [2.75, 3.05) is 19.6 Å². The first-order valence-electron chi connectivity index (χ1n) is 10.2. The Morgan fingerprint density at radius 1 is 1.21 bits per heavy atom. The minimum Gasteiger partial charge on any atom is -0.336 e. The molecule has 0 unspecified atom stereocenters. The van der Waals surface area contributed by atoms with Gasteiger partial charge in [0.1, 0.15) is 11.5 Å². The molecule has 2 heterocycles. The molecule has 0 spiro atoms. The number of aromatic nitrogens is 2. The molecule has 0 bridgehead atoms. The Morgan fingerprint density at radius 3 is 2.54 bits per heavy atom. The fourth-order valence-corrected chi connectivity index (χ4v) is 3.80. The van der Waals surface area contributed by atoms with Crippen LogP contribution in [0.15, 0.2) is 30.3 Å². The van der Waals surface area contributed by atoms with E-state index in [0.29, 0.717) is 24.1 Å². The van der Waals surface area contributed by atoms with Crippen LogP contribution < -0.4 is 0 Å². The second-order valence-electron chi connectivity index (χ2n) is 8.38. The Hall–Kier alpha value is -2.21. The number of nitrogens with zero attached hydrogens (tertiary/aromatic N) is 3. The molecule has 3 rings (SSSR count). The normalized spacial score (nSPS) is 18.7. The van der Waals surface area contributed by atoms with Crippen LogP contribution in [0, 0.1) is 11.7 Å². The standard InChI is InChI=1S/C22H31FN4O/c1-15(2)19-12-20(25-24-19)22(28)27-11-5-10-26(21(14-27)16(3)4)13-17-6-8-18(23)9-7-17/h6-9,12,15-16,21H,5,10-11,13-14H2,1-4H3,(H,24,25)/t21-/m1/s1. The average Bonchev–Trinajstić information content (AvgIpc) is 3.06. The van der Waals surface area contributed by atoms with Gasteiger partial charge in [0.05, 0.1) is 0 Å². The van der Waals surface area contributed by atoms with Gasteiger partial charge in [-0.1, -0.05) is 39.8 Å². The molecule has 152 valence electrons. The summed E-state index contributed by atoms with van der Waals surface area (Å²) < 4.78 is 13.2. The Bertz CT molecular complexity index is 784. The van der Waals surface area contributed by atoms with E-state index in [9.17, 15) is 9.18 Å². The predicted octanol–water partition coefficient (Wildman–Crippen LogP) is 4.04. The zero-order valence-corrected chi connectivity index (χ0v) is 17.3. The highest BCUT2D eigenvalue weighted by Gasteiger charge is 2.30. The topological polar surface area (TPSA) is 52.2 Å². The molecule has 28 heavy (non-hydrogen) atoms. The summed E-state index contributed by atoms with van der Waals surface area (Å²) in [5, 5.41) is 7.22. The van der Waals surface area contributed by atoms with Gasteiger partial charge in [0.15, 0.2) is 0 Å². The molecule has 0 saturated carbocycles. The molecule has 1 aromatic carbocycles. The lowest BCUT2D eigenvalue weighted by Gasteiger charge is -2.34. The molecular weight excluding hydrogens is 355 g/mol. The molecule has 1 aromatic heterocycles. The number of carbonyl (C=O) groups excluding carboxylic acids is 1. The van der Waals surface area contributed by atoms with Gasteiger partial charge in [0, 0.05) is 37.9 Å². The van der Waals surface area contributed by atoms with E-state index >= 15 is 0 Å². The molecular formula is C22H31FN4O. The Labute approximate surface area is 166 Å². The van der Waals surface area contributed by atoms with E-state index in [1.165, 1.54) is 12.1 Å². The fraction of sp³-hybridized carbons (Fsp3) is 0.545. The van der Waals surface area contributed by atoms with Crippen LogP contribution in [0.2, 0.25) is 0 Å². The van der Waals surface area contributed by atoms with Gasteiger partial charge in [0.2, 0.25) is 0 Å². The van der Waals surface area contributed by atoms with Gasteiger partial charge < -0.3 is 4.90 Å². The van der Waals surface area contributed by atoms with Crippen molar-refractivity contribution < 1.29 is 9.18 Å². The molecule has 1 atom stereocenters. The number of amides is 1. The maximum Gasteiger partial charge on any atom is 0.274 e. The monoisotopic (exact) mass is 386 g/mol. The molecule has 1 aliphatic heterocycles. The van der Waals surface area contributed by atoms with Crippen LogP contribution in [0.3, 0.4) is 0 Å². The molecule has 1 amide bonds. The predicted molar refractivity (Wildman–Crippen MR) is 109 cm³/mol. The van der Waals surface area contributed by atoms with E-state index in [2.05, 4.69) is 42.8 Å². The van der Waals surface area contributed by atoms with Crippen molar-refractivity contribution >= 4 is 5.91 Å². The van der Waals surface area contributed by atoms with Gasteiger partial charge in [-0.25, -0.2) is 4.39 Å². The second-order valence-corrected chi connectivity index (χ2v) is 8.38. The van der Waals surface area contributed by atoms with E-state index < -0.39 is 0 Å². The van der Waals surface area contributed by atoms with Gasteiger partial charge in [-0.15, -0.1) is 0 Å². The van der Waals surface area contributed by atoms with Crippen molar-refractivity contribution in [3.8, 4) is 0 Å². The number of H-pyrrole nitrogens is 1. The molecule has 0 aliphatic carbocycles. The molecule has 1 aliphatic rings. The highest BCUT2D eigenvalue weighted by atomic mass is 19.1. The lowest BCUT2D eigenvalue weighted by molar-refractivity contribution is 0.0696. The first kappa shape index (κ1) is 20.5. The number of carbonyl (C=O) groups is 1. The first-order chi connectivity index (χ1) is 13.3. The fourth-order valence-electron chi connectivity index (χ4n) is 3.80. The third kappa shape index (κ3) is 4.79. The number of hydrogen-bond acceptors (Lipinski definition) is 3. The molecule has 0 radical (unpaired) electrons. The third-order valence-corrected chi connectivity index (χ3v) is 5.54. The smallest absolute Gasteiger partial charge is 0.274 e. The number of benzene rings is 1. The Morgan fingerprint density at radius 2 is 1.93 bits per heavy atom. The molecule has 1 fully saturated rings. The van der Waals surface area contributed by atoms with Crippen LogP contribution >= 0.6 is 0 Å². The summed E-state index contributed by atoms with van der Waals surface area (Å²) in [4.78, 5) is 17.4. The minimum atomic E-state index is -0.212. The lowest BCUT2D eigenvalue weighted by atomic mass is 10.0.